The highest BCUT2D eigenvalue weighted by Crippen LogP contribution is 2.30. The van der Waals surface area contributed by atoms with E-state index in [2.05, 4.69) is 20.7 Å². The first-order valence-corrected chi connectivity index (χ1v) is 7.80. The van der Waals surface area contributed by atoms with Gasteiger partial charge in [-0.05, 0) is 17.7 Å². The summed E-state index contributed by atoms with van der Waals surface area (Å²) in [6.07, 6.45) is 0. The van der Waals surface area contributed by atoms with Gasteiger partial charge in [0.25, 0.3) is 0 Å². The van der Waals surface area contributed by atoms with Gasteiger partial charge in [0.2, 0.25) is 10.0 Å². The second-order valence-corrected chi connectivity index (χ2v) is 6.63. The molecule has 0 saturated carbocycles. The van der Waals surface area contributed by atoms with Crippen molar-refractivity contribution >= 4 is 26.0 Å². The molecule has 7 heteroatoms. The maximum Gasteiger partial charge on any atom is 0.221 e. The third-order valence-corrected chi connectivity index (χ3v) is 4.93. The standard InChI is InChI=1S/C10H12BrNO4S/c11-7-17(13,14)12-6-8-1-2-9-10(5-8)16-4-3-15-9/h1-2,5,12H,3-4,6-7H2. The van der Waals surface area contributed by atoms with Crippen LogP contribution in [0.5, 0.6) is 11.5 Å². The molecular formula is C10H12BrNO4S. The van der Waals surface area contributed by atoms with Gasteiger partial charge in [0.15, 0.2) is 11.5 Å². The molecular weight excluding hydrogens is 310 g/mol. The van der Waals surface area contributed by atoms with E-state index in [-0.39, 0.29) is 11.2 Å². The lowest BCUT2D eigenvalue weighted by molar-refractivity contribution is 0.171. The average Bonchev–Trinajstić information content (AvgIpc) is 2.36. The highest BCUT2D eigenvalue weighted by atomic mass is 79.9. The van der Waals surface area contributed by atoms with E-state index in [9.17, 15) is 8.42 Å². The van der Waals surface area contributed by atoms with Crippen LogP contribution in [-0.2, 0) is 16.6 Å². The Hall–Kier alpha value is -0.790. The number of fused-ring (bicyclic) bond motifs is 1. The van der Waals surface area contributed by atoms with E-state index in [1.807, 2.05) is 6.07 Å². The van der Waals surface area contributed by atoms with Crippen LogP contribution in [-0.4, -0.2) is 26.3 Å². The van der Waals surface area contributed by atoms with E-state index < -0.39 is 10.0 Å². The van der Waals surface area contributed by atoms with Gasteiger partial charge in [0.1, 0.15) is 17.9 Å². The number of benzene rings is 1. The summed E-state index contributed by atoms with van der Waals surface area (Å²) < 4.78 is 35.6. The molecule has 0 unspecified atom stereocenters. The van der Waals surface area contributed by atoms with Crippen LogP contribution in [0.25, 0.3) is 0 Å². The van der Waals surface area contributed by atoms with Crippen molar-refractivity contribution < 1.29 is 17.9 Å². The zero-order valence-electron chi connectivity index (χ0n) is 8.98. The molecule has 0 spiro atoms. The van der Waals surface area contributed by atoms with Crippen molar-refractivity contribution in [2.24, 2.45) is 0 Å². The van der Waals surface area contributed by atoms with Crippen molar-refractivity contribution in [1.29, 1.82) is 0 Å². The lowest BCUT2D eigenvalue weighted by atomic mass is 10.2. The summed E-state index contributed by atoms with van der Waals surface area (Å²) in [6, 6.07) is 5.38. The van der Waals surface area contributed by atoms with Crippen LogP contribution in [0.4, 0.5) is 0 Å². The van der Waals surface area contributed by atoms with Gasteiger partial charge < -0.3 is 9.47 Å². The minimum Gasteiger partial charge on any atom is -0.486 e. The summed E-state index contributed by atoms with van der Waals surface area (Å²) in [6.45, 7) is 1.30. The Morgan fingerprint density at radius 2 is 1.94 bits per heavy atom. The van der Waals surface area contributed by atoms with Crippen LogP contribution in [0.3, 0.4) is 0 Å². The molecule has 1 aromatic carbocycles. The number of alkyl halides is 1. The summed E-state index contributed by atoms with van der Waals surface area (Å²) in [5.74, 6) is 1.36. The predicted octanol–water partition coefficient (Wildman–Crippen LogP) is 1.23. The number of sulfonamides is 1. The van der Waals surface area contributed by atoms with Crippen molar-refractivity contribution in [3.05, 3.63) is 23.8 Å². The fourth-order valence-electron chi connectivity index (χ4n) is 1.43. The maximum absolute atomic E-state index is 11.2. The van der Waals surface area contributed by atoms with Gasteiger partial charge >= 0.3 is 0 Å². The summed E-state index contributed by atoms with van der Waals surface area (Å²) in [4.78, 5) is 0. The number of rotatable bonds is 4. The highest BCUT2D eigenvalue weighted by molar-refractivity contribution is 9.10. The van der Waals surface area contributed by atoms with Gasteiger partial charge in [-0.1, -0.05) is 22.0 Å². The lowest BCUT2D eigenvalue weighted by Crippen LogP contribution is -2.24. The summed E-state index contributed by atoms with van der Waals surface area (Å²) in [5, 5.41) is 0. The number of halogens is 1. The quantitative estimate of drug-likeness (QED) is 0.847. The lowest BCUT2D eigenvalue weighted by Gasteiger charge is -2.18. The molecule has 1 N–H and O–H groups in total. The van der Waals surface area contributed by atoms with Gasteiger partial charge in [-0.3, -0.25) is 0 Å². The smallest absolute Gasteiger partial charge is 0.221 e. The molecule has 0 bridgehead atoms. The number of hydrogen-bond acceptors (Lipinski definition) is 4. The largest absolute Gasteiger partial charge is 0.486 e. The third-order valence-electron chi connectivity index (χ3n) is 2.25. The van der Waals surface area contributed by atoms with E-state index in [0.717, 1.165) is 5.56 Å². The Morgan fingerprint density at radius 3 is 2.65 bits per heavy atom. The molecule has 0 radical (unpaired) electrons. The molecule has 0 atom stereocenters. The molecule has 2 rings (SSSR count). The van der Waals surface area contributed by atoms with E-state index in [1.54, 1.807) is 12.1 Å². The Morgan fingerprint density at radius 1 is 1.24 bits per heavy atom. The second kappa shape index (κ2) is 5.24. The molecule has 0 aromatic heterocycles. The van der Waals surface area contributed by atoms with Crippen molar-refractivity contribution in [3.63, 3.8) is 0 Å². The molecule has 0 aliphatic carbocycles. The fraction of sp³-hybridized carbons (Fsp3) is 0.400. The Kier molecular flexibility index (Phi) is 3.90. The van der Waals surface area contributed by atoms with Crippen LogP contribution >= 0.6 is 15.9 Å². The zero-order chi connectivity index (χ0) is 12.3. The first kappa shape index (κ1) is 12.7. The molecule has 0 fully saturated rings. The summed E-state index contributed by atoms with van der Waals surface area (Å²) >= 11 is 2.91. The molecule has 5 nitrogen and oxygen atoms in total. The fourth-order valence-corrected chi connectivity index (χ4v) is 2.38. The molecule has 0 saturated heterocycles. The number of nitrogens with one attached hydrogen (secondary N) is 1. The zero-order valence-corrected chi connectivity index (χ0v) is 11.4. The van der Waals surface area contributed by atoms with Crippen LogP contribution in [0.1, 0.15) is 5.56 Å². The van der Waals surface area contributed by atoms with Crippen molar-refractivity contribution in [2.75, 3.05) is 17.9 Å². The second-order valence-electron chi connectivity index (χ2n) is 3.52. The molecule has 1 heterocycles. The number of ether oxygens (including phenoxy) is 2. The van der Waals surface area contributed by atoms with Gasteiger partial charge in [0.05, 0.1) is 0 Å². The summed E-state index contributed by atoms with van der Waals surface area (Å²) in [7, 11) is -3.24. The topological polar surface area (TPSA) is 64.6 Å². The molecule has 1 aliphatic heterocycles. The Bertz CT molecular complexity index is 503. The molecule has 1 aliphatic rings. The molecule has 94 valence electrons. The van der Waals surface area contributed by atoms with Crippen LogP contribution in [0, 0.1) is 0 Å². The van der Waals surface area contributed by atoms with E-state index in [4.69, 9.17) is 9.47 Å². The monoisotopic (exact) mass is 321 g/mol. The van der Waals surface area contributed by atoms with Crippen LogP contribution < -0.4 is 14.2 Å². The van der Waals surface area contributed by atoms with Crippen molar-refractivity contribution in [2.45, 2.75) is 6.54 Å². The predicted molar refractivity (Wildman–Crippen MR) is 67.0 cm³/mol. The van der Waals surface area contributed by atoms with Crippen molar-refractivity contribution in [1.82, 2.24) is 4.72 Å². The Balaban J connectivity index is 2.07. The normalized spacial score (nSPS) is 14.6. The average molecular weight is 322 g/mol. The third kappa shape index (κ3) is 3.34. The Labute approximate surface area is 108 Å². The van der Waals surface area contributed by atoms with Crippen LogP contribution in [0.2, 0.25) is 0 Å². The first-order valence-electron chi connectivity index (χ1n) is 5.02. The highest BCUT2D eigenvalue weighted by Gasteiger charge is 2.13. The van der Waals surface area contributed by atoms with Gasteiger partial charge in [-0.2, -0.15) is 0 Å². The van der Waals surface area contributed by atoms with Crippen LogP contribution in [0.15, 0.2) is 18.2 Å². The van der Waals surface area contributed by atoms with E-state index in [0.29, 0.717) is 24.7 Å². The van der Waals surface area contributed by atoms with E-state index >= 15 is 0 Å². The van der Waals surface area contributed by atoms with Crippen molar-refractivity contribution in [3.8, 4) is 11.5 Å². The van der Waals surface area contributed by atoms with Gasteiger partial charge in [-0.25, -0.2) is 13.1 Å². The maximum atomic E-state index is 11.2. The molecule has 17 heavy (non-hydrogen) atoms. The van der Waals surface area contributed by atoms with E-state index in [1.165, 1.54) is 0 Å². The van der Waals surface area contributed by atoms with Gasteiger partial charge in [0, 0.05) is 6.54 Å². The molecule has 0 amide bonds. The van der Waals surface area contributed by atoms with Gasteiger partial charge in [-0.15, -0.1) is 0 Å². The minimum absolute atomic E-state index is 0.107. The SMILES string of the molecule is O=S(=O)(CBr)NCc1ccc2c(c1)OCCO2. The molecule has 1 aromatic rings. The number of hydrogen-bond donors (Lipinski definition) is 1. The summed E-state index contributed by atoms with van der Waals surface area (Å²) in [5.41, 5.74) is 0.832. The first-order chi connectivity index (χ1) is 8.11. The minimum atomic E-state index is -3.24.